The molecule has 1 N–H and O–H groups in total. The van der Waals surface area contributed by atoms with E-state index in [1.54, 1.807) is 0 Å². The molecule has 4 aromatic carbocycles. The Morgan fingerprint density at radius 3 is 2.71 bits per heavy atom. The quantitative estimate of drug-likeness (QED) is 0.389. The van der Waals surface area contributed by atoms with Crippen molar-refractivity contribution in [3.63, 3.8) is 0 Å². The van der Waals surface area contributed by atoms with Gasteiger partial charge in [-0.05, 0) is 48.2 Å². The Balaban J connectivity index is 1.41. The summed E-state index contributed by atoms with van der Waals surface area (Å²) in [6, 6.07) is 27.1. The van der Waals surface area contributed by atoms with Gasteiger partial charge in [-0.1, -0.05) is 54.6 Å². The lowest BCUT2D eigenvalue weighted by Gasteiger charge is -2.10. The summed E-state index contributed by atoms with van der Waals surface area (Å²) >= 11 is 0. The number of para-hydroxylation sites is 1. The number of nitrogens with zero attached hydrogens (tertiary/aromatic N) is 1. The van der Waals surface area contributed by atoms with Crippen molar-refractivity contribution in [3.05, 3.63) is 90.5 Å². The SMILES string of the molecule is Cc1cccc(OCC(=O)Nc2ccccc2-c2nc3ccc4ccccc4c3o2)c1. The number of oxazole rings is 1. The third-order valence-electron chi connectivity index (χ3n) is 5.07. The van der Waals surface area contributed by atoms with E-state index in [2.05, 4.69) is 10.3 Å². The van der Waals surface area contributed by atoms with Gasteiger partial charge in [0, 0.05) is 5.39 Å². The first-order valence-electron chi connectivity index (χ1n) is 10.0. The lowest BCUT2D eigenvalue weighted by molar-refractivity contribution is -0.118. The Bertz CT molecular complexity index is 1400. The molecule has 5 rings (SSSR count). The average molecular weight is 408 g/mol. The van der Waals surface area contributed by atoms with Crippen molar-refractivity contribution in [3.8, 4) is 17.2 Å². The highest BCUT2D eigenvalue weighted by Crippen LogP contribution is 2.33. The van der Waals surface area contributed by atoms with Crippen LogP contribution in [0, 0.1) is 6.92 Å². The highest BCUT2D eigenvalue weighted by atomic mass is 16.5. The molecule has 0 radical (unpaired) electrons. The number of aryl methyl sites for hydroxylation is 1. The zero-order valence-corrected chi connectivity index (χ0v) is 17.0. The summed E-state index contributed by atoms with van der Waals surface area (Å²) in [6.45, 7) is 1.89. The standard InChI is InChI=1S/C26H20N2O3/c1-17-7-6-9-19(15-17)30-16-24(29)27-22-12-5-4-11-21(22)26-28-23-14-13-18-8-2-3-10-20(18)25(23)31-26/h2-15H,16H2,1H3,(H,27,29). The number of ether oxygens (including phenoxy) is 1. The van der Waals surface area contributed by atoms with Crippen LogP contribution in [0.1, 0.15) is 5.56 Å². The fourth-order valence-corrected chi connectivity index (χ4v) is 3.59. The minimum absolute atomic E-state index is 0.0873. The van der Waals surface area contributed by atoms with Crippen LogP contribution in [0.5, 0.6) is 5.75 Å². The largest absolute Gasteiger partial charge is 0.484 e. The van der Waals surface area contributed by atoms with Crippen molar-refractivity contribution in [2.75, 3.05) is 11.9 Å². The lowest BCUT2D eigenvalue weighted by atomic mass is 10.1. The van der Waals surface area contributed by atoms with Crippen molar-refractivity contribution in [1.82, 2.24) is 4.98 Å². The lowest BCUT2D eigenvalue weighted by Crippen LogP contribution is -2.20. The number of amides is 1. The maximum absolute atomic E-state index is 12.5. The van der Waals surface area contributed by atoms with Crippen LogP contribution in [0.15, 0.2) is 89.3 Å². The number of carbonyl (C=O) groups is 1. The van der Waals surface area contributed by atoms with Crippen LogP contribution in [0.4, 0.5) is 5.69 Å². The molecule has 0 saturated heterocycles. The maximum Gasteiger partial charge on any atom is 0.262 e. The van der Waals surface area contributed by atoms with Gasteiger partial charge in [0.15, 0.2) is 12.2 Å². The van der Waals surface area contributed by atoms with Crippen molar-refractivity contribution in [1.29, 1.82) is 0 Å². The molecule has 0 atom stereocenters. The predicted molar refractivity (Wildman–Crippen MR) is 122 cm³/mol. The molecular formula is C26H20N2O3. The second-order valence-corrected chi connectivity index (χ2v) is 7.35. The Labute approximate surface area is 179 Å². The topological polar surface area (TPSA) is 64.4 Å². The Kier molecular flexibility index (Phi) is 4.84. The number of nitrogens with one attached hydrogen (secondary N) is 1. The molecule has 5 nitrogen and oxygen atoms in total. The van der Waals surface area contributed by atoms with E-state index in [1.165, 1.54) is 0 Å². The van der Waals surface area contributed by atoms with Crippen molar-refractivity contribution < 1.29 is 13.9 Å². The van der Waals surface area contributed by atoms with Crippen molar-refractivity contribution in [2.45, 2.75) is 6.92 Å². The molecule has 0 aliphatic carbocycles. The first-order valence-corrected chi connectivity index (χ1v) is 10.0. The summed E-state index contributed by atoms with van der Waals surface area (Å²) in [5.41, 5.74) is 3.92. The van der Waals surface area contributed by atoms with E-state index in [-0.39, 0.29) is 12.5 Å². The number of aromatic nitrogens is 1. The normalized spacial score (nSPS) is 11.0. The third-order valence-corrected chi connectivity index (χ3v) is 5.07. The van der Waals surface area contributed by atoms with E-state index in [1.807, 2.05) is 91.9 Å². The van der Waals surface area contributed by atoms with Gasteiger partial charge in [-0.15, -0.1) is 0 Å². The van der Waals surface area contributed by atoms with Gasteiger partial charge in [0.05, 0.1) is 11.3 Å². The van der Waals surface area contributed by atoms with Crippen LogP contribution < -0.4 is 10.1 Å². The number of benzene rings is 4. The third kappa shape index (κ3) is 3.85. The molecule has 5 heteroatoms. The summed E-state index contributed by atoms with van der Waals surface area (Å²) in [5, 5.41) is 5.01. The fourth-order valence-electron chi connectivity index (χ4n) is 3.59. The number of carbonyl (C=O) groups excluding carboxylic acids is 1. The number of hydrogen-bond acceptors (Lipinski definition) is 4. The molecule has 1 amide bonds. The molecule has 0 fully saturated rings. The molecule has 0 saturated carbocycles. The summed E-state index contributed by atoms with van der Waals surface area (Å²) in [5.74, 6) is 0.867. The molecule has 1 heterocycles. The van der Waals surface area contributed by atoms with Gasteiger partial charge in [0.2, 0.25) is 5.89 Å². The molecule has 0 spiro atoms. The second kappa shape index (κ2) is 7.95. The van der Waals surface area contributed by atoms with Gasteiger partial charge in [0.25, 0.3) is 5.91 Å². The van der Waals surface area contributed by atoms with Crippen LogP contribution in [-0.4, -0.2) is 17.5 Å². The molecule has 5 aromatic rings. The van der Waals surface area contributed by atoms with E-state index in [4.69, 9.17) is 9.15 Å². The van der Waals surface area contributed by atoms with Gasteiger partial charge in [0.1, 0.15) is 11.3 Å². The second-order valence-electron chi connectivity index (χ2n) is 7.35. The van der Waals surface area contributed by atoms with E-state index in [9.17, 15) is 4.79 Å². The van der Waals surface area contributed by atoms with Crippen molar-refractivity contribution >= 4 is 33.5 Å². The Morgan fingerprint density at radius 1 is 0.968 bits per heavy atom. The average Bonchev–Trinajstić information content (AvgIpc) is 3.23. The first kappa shape index (κ1) is 18.9. The molecule has 0 bridgehead atoms. The number of fused-ring (bicyclic) bond motifs is 3. The number of rotatable bonds is 5. The van der Waals surface area contributed by atoms with Crippen LogP contribution in [0.3, 0.4) is 0 Å². The molecule has 152 valence electrons. The summed E-state index contributed by atoms with van der Waals surface area (Å²) < 4.78 is 11.7. The van der Waals surface area contributed by atoms with Crippen LogP contribution in [0.25, 0.3) is 33.3 Å². The summed E-state index contributed by atoms with van der Waals surface area (Å²) in [6.07, 6.45) is 0. The monoisotopic (exact) mass is 408 g/mol. The Hall–Kier alpha value is -4.12. The van der Waals surface area contributed by atoms with Gasteiger partial charge < -0.3 is 14.5 Å². The van der Waals surface area contributed by atoms with Crippen LogP contribution in [-0.2, 0) is 4.79 Å². The summed E-state index contributed by atoms with van der Waals surface area (Å²) in [7, 11) is 0. The van der Waals surface area contributed by atoms with E-state index in [0.29, 0.717) is 22.9 Å². The van der Waals surface area contributed by atoms with E-state index < -0.39 is 0 Å². The summed E-state index contributed by atoms with van der Waals surface area (Å²) in [4.78, 5) is 17.2. The highest BCUT2D eigenvalue weighted by molar-refractivity contribution is 6.04. The first-order chi connectivity index (χ1) is 15.2. The molecular weight excluding hydrogens is 388 g/mol. The molecule has 1 aromatic heterocycles. The minimum Gasteiger partial charge on any atom is -0.484 e. The fraction of sp³-hybridized carbons (Fsp3) is 0.0769. The number of hydrogen-bond donors (Lipinski definition) is 1. The van der Waals surface area contributed by atoms with E-state index in [0.717, 1.165) is 27.4 Å². The molecule has 0 aliphatic heterocycles. The van der Waals surface area contributed by atoms with Gasteiger partial charge >= 0.3 is 0 Å². The predicted octanol–water partition coefficient (Wildman–Crippen LogP) is 5.97. The van der Waals surface area contributed by atoms with Gasteiger partial charge in [-0.2, -0.15) is 0 Å². The maximum atomic E-state index is 12.5. The molecule has 0 unspecified atom stereocenters. The van der Waals surface area contributed by atoms with Crippen LogP contribution >= 0.6 is 0 Å². The van der Waals surface area contributed by atoms with Crippen molar-refractivity contribution in [2.24, 2.45) is 0 Å². The van der Waals surface area contributed by atoms with E-state index >= 15 is 0 Å². The van der Waals surface area contributed by atoms with Gasteiger partial charge in [-0.25, -0.2) is 4.98 Å². The van der Waals surface area contributed by atoms with Gasteiger partial charge in [-0.3, -0.25) is 4.79 Å². The zero-order chi connectivity index (χ0) is 21.2. The smallest absolute Gasteiger partial charge is 0.262 e. The Morgan fingerprint density at radius 2 is 1.81 bits per heavy atom. The van der Waals surface area contributed by atoms with Crippen LogP contribution in [0.2, 0.25) is 0 Å². The highest BCUT2D eigenvalue weighted by Gasteiger charge is 2.15. The minimum atomic E-state index is -0.254. The number of anilines is 1. The molecule has 0 aliphatic rings. The zero-order valence-electron chi connectivity index (χ0n) is 17.0. The molecule has 31 heavy (non-hydrogen) atoms.